The van der Waals surface area contributed by atoms with E-state index in [4.69, 9.17) is 16.3 Å². The molecular weight excluding hydrogens is 574 g/mol. The average Bonchev–Trinajstić information content (AvgIpc) is 3.45. The second kappa shape index (κ2) is 13.0. The van der Waals surface area contributed by atoms with Crippen molar-refractivity contribution in [3.05, 3.63) is 124 Å². The van der Waals surface area contributed by atoms with Gasteiger partial charge in [-0.15, -0.1) is 0 Å². The lowest BCUT2D eigenvalue weighted by atomic mass is 10.1. The highest BCUT2D eigenvalue weighted by molar-refractivity contribution is 6.36. The van der Waals surface area contributed by atoms with Crippen LogP contribution in [0.1, 0.15) is 37.4 Å². The molecule has 0 unspecified atom stereocenters. The fourth-order valence-corrected chi connectivity index (χ4v) is 5.39. The molecule has 1 fully saturated rings. The molecule has 44 heavy (non-hydrogen) atoms. The molecule has 2 aromatic heterocycles. The second-order valence-electron chi connectivity index (χ2n) is 10.5. The summed E-state index contributed by atoms with van der Waals surface area (Å²) in [5, 5.41) is 4.42. The van der Waals surface area contributed by atoms with Gasteiger partial charge in [0, 0.05) is 78.9 Å². The van der Waals surface area contributed by atoms with Crippen LogP contribution in [-0.2, 0) is 6.54 Å². The van der Waals surface area contributed by atoms with Gasteiger partial charge in [-0.1, -0.05) is 47.7 Å². The number of nitrogens with one attached hydrogen (secondary N) is 2. The van der Waals surface area contributed by atoms with Crippen molar-refractivity contribution in [2.75, 3.05) is 38.6 Å². The number of aromatic nitrogens is 2. The van der Waals surface area contributed by atoms with Gasteiger partial charge in [0.1, 0.15) is 0 Å². The van der Waals surface area contributed by atoms with Crippen molar-refractivity contribution < 1.29 is 14.3 Å². The van der Waals surface area contributed by atoms with Crippen molar-refractivity contribution in [2.24, 2.45) is 0 Å². The van der Waals surface area contributed by atoms with E-state index in [0.717, 1.165) is 47.2 Å². The Morgan fingerprint density at radius 2 is 1.70 bits per heavy atom. The lowest BCUT2D eigenvalue weighted by molar-refractivity contribution is 0.0630. The number of carbonyl (C=O) groups excluding carboxylic acids is 2. The Kier molecular flexibility index (Phi) is 8.59. The van der Waals surface area contributed by atoms with Crippen LogP contribution < -0.4 is 10.1 Å². The molecule has 2 amide bonds. The molecule has 220 valence electrons. The van der Waals surface area contributed by atoms with Crippen molar-refractivity contribution in [2.45, 2.75) is 6.54 Å². The maximum absolute atomic E-state index is 13.2. The predicted octanol–water partition coefficient (Wildman–Crippen LogP) is 5.84. The minimum Gasteiger partial charge on any atom is -0.481 e. The van der Waals surface area contributed by atoms with Crippen LogP contribution in [0.25, 0.3) is 10.9 Å². The van der Waals surface area contributed by atoms with Gasteiger partial charge in [0.05, 0.1) is 23.2 Å². The number of fused-ring (bicyclic) bond motifs is 1. The summed E-state index contributed by atoms with van der Waals surface area (Å²) < 4.78 is 5.13. The first-order valence-electron chi connectivity index (χ1n) is 14.3. The van der Waals surface area contributed by atoms with Gasteiger partial charge < -0.3 is 19.9 Å². The molecule has 3 heterocycles. The highest BCUT2D eigenvalue weighted by atomic mass is 35.5. The van der Waals surface area contributed by atoms with E-state index in [0.29, 0.717) is 40.8 Å². The van der Waals surface area contributed by atoms with Gasteiger partial charge in [-0.3, -0.25) is 14.5 Å². The summed E-state index contributed by atoms with van der Waals surface area (Å²) in [7, 11) is 1.57. The Labute approximate surface area is 260 Å². The number of anilines is 1. The molecule has 1 saturated heterocycles. The number of nitrogens with zero attached hydrogens (tertiary/aromatic N) is 3. The van der Waals surface area contributed by atoms with Crippen LogP contribution in [0.2, 0.25) is 5.02 Å². The van der Waals surface area contributed by atoms with Crippen LogP contribution in [0.5, 0.6) is 5.88 Å². The van der Waals surface area contributed by atoms with Crippen molar-refractivity contribution >= 4 is 40.0 Å². The molecule has 0 bridgehead atoms. The van der Waals surface area contributed by atoms with E-state index in [-0.39, 0.29) is 11.8 Å². The first-order valence-corrected chi connectivity index (χ1v) is 14.6. The van der Waals surface area contributed by atoms with E-state index in [1.54, 1.807) is 25.6 Å². The predicted molar refractivity (Wildman–Crippen MR) is 172 cm³/mol. The Balaban J connectivity index is 0.995. The number of hydrogen-bond acceptors (Lipinski definition) is 5. The van der Waals surface area contributed by atoms with Crippen LogP contribution in [0.3, 0.4) is 0 Å². The van der Waals surface area contributed by atoms with Crippen molar-refractivity contribution in [1.82, 2.24) is 19.8 Å². The fourth-order valence-electron chi connectivity index (χ4n) is 5.18. The molecule has 2 N–H and O–H groups in total. The molecule has 8 nitrogen and oxygen atoms in total. The van der Waals surface area contributed by atoms with Gasteiger partial charge in [-0.05, 0) is 54.1 Å². The van der Waals surface area contributed by atoms with Crippen LogP contribution in [0.4, 0.5) is 5.69 Å². The first-order chi connectivity index (χ1) is 21.5. The normalized spacial score (nSPS) is 13.3. The number of amides is 2. The number of methoxy groups -OCH3 is 1. The summed E-state index contributed by atoms with van der Waals surface area (Å²) in [5.74, 6) is 6.56. The number of piperazine rings is 1. The number of carbonyl (C=O) groups is 2. The highest BCUT2D eigenvalue weighted by Crippen LogP contribution is 2.26. The largest absolute Gasteiger partial charge is 0.481 e. The molecule has 0 spiro atoms. The molecule has 5 aromatic rings. The van der Waals surface area contributed by atoms with Gasteiger partial charge in [-0.25, -0.2) is 4.98 Å². The maximum Gasteiger partial charge on any atom is 0.256 e. The van der Waals surface area contributed by atoms with Gasteiger partial charge in [0.2, 0.25) is 5.88 Å². The molecule has 1 aliphatic heterocycles. The van der Waals surface area contributed by atoms with Crippen molar-refractivity contribution in [3.63, 3.8) is 0 Å². The maximum atomic E-state index is 13.2. The van der Waals surface area contributed by atoms with E-state index in [9.17, 15) is 9.59 Å². The summed E-state index contributed by atoms with van der Waals surface area (Å²) in [6, 6.07) is 24.3. The number of hydrogen-bond donors (Lipinski definition) is 2. The summed E-state index contributed by atoms with van der Waals surface area (Å²) in [4.78, 5) is 37.5. The molecule has 6 rings (SSSR count). The molecule has 0 saturated carbocycles. The van der Waals surface area contributed by atoms with Crippen LogP contribution in [0.15, 0.2) is 91.3 Å². The topological polar surface area (TPSA) is 90.6 Å². The zero-order valence-electron chi connectivity index (χ0n) is 24.1. The third-order valence-electron chi connectivity index (χ3n) is 7.62. The zero-order valence-corrected chi connectivity index (χ0v) is 24.9. The number of H-pyrrole nitrogens is 1. The fraction of sp³-hybridized carbons (Fsp3) is 0.171. The lowest BCUT2D eigenvalue weighted by Gasteiger charge is -2.35. The molecule has 0 atom stereocenters. The quantitative estimate of drug-likeness (QED) is 0.238. The third-order valence-corrected chi connectivity index (χ3v) is 7.93. The second-order valence-corrected chi connectivity index (χ2v) is 10.9. The average molecular weight is 604 g/mol. The van der Waals surface area contributed by atoms with Gasteiger partial charge in [-0.2, -0.15) is 0 Å². The van der Waals surface area contributed by atoms with E-state index in [1.165, 1.54) is 0 Å². The van der Waals surface area contributed by atoms with Crippen LogP contribution in [-0.4, -0.2) is 64.9 Å². The van der Waals surface area contributed by atoms with E-state index >= 15 is 0 Å². The number of benzene rings is 3. The van der Waals surface area contributed by atoms with E-state index < -0.39 is 0 Å². The molecular formula is C35H30ClN5O3. The summed E-state index contributed by atoms with van der Waals surface area (Å²) in [6.07, 6.45) is 3.37. The number of halogens is 1. The number of pyridine rings is 1. The lowest BCUT2D eigenvalue weighted by Crippen LogP contribution is -2.48. The summed E-state index contributed by atoms with van der Waals surface area (Å²) in [5.41, 5.74) is 5.44. The number of rotatable bonds is 6. The smallest absolute Gasteiger partial charge is 0.256 e. The standard InChI is InChI=1S/C35H30ClN5O3/c1-44-32-21-25(15-16-37-32)6-5-24-9-13-28(14-10-24)39-34(42)27-11-7-26(8-12-27)23-40-17-19-41(20-18-40)35(43)30-4-2-3-29-31(36)22-38-33(29)30/h2-4,7-16,21-22,38H,17-20,23H2,1H3,(H,39,42). The monoisotopic (exact) mass is 603 g/mol. The first kappa shape index (κ1) is 29.0. The highest BCUT2D eigenvalue weighted by Gasteiger charge is 2.24. The van der Waals surface area contributed by atoms with Gasteiger partial charge >= 0.3 is 0 Å². The Bertz CT molecular complexity index is 1870. The Morgan fingerprint density at radius 3 is 2.45 bits per heavy atom. The molecule has 3 aromatic carbocycles. The Hall–Kier alpha value is -5.10. The van der Waals surface area contributed by atoms with E-state index in [2.05, 4.69) is 32.0 Å². The number of para-hydroxylation sites is 1. The minimum atomic E-state index is -0.176. The summed E-state index contributed by atoms with van der Waals surface area (Å²) in [6.45, 7) is 3.58. The van der Waals surface area contributed by atoms with Crippen molar-refractivity contribution in [3.8, 4) is 17.7 Å². The minimum absolute atomic E-state index is 0.0118. The number of aromatic amines is 1. The van der Waals surface area contributed by atoms with Gasteiger partial charge in [0.25, 0.3) is 11.8 Å². The number of ether oxygens (including phenoxy) is 1. The SMILES string of the molecule is COc1cc(C#Cc2ccc(NC(=O)c3ccc(CN4CCN(C(=O)c5cccc6c(Cl)c[nH]c56)CC4)cc3)cc2)ccn1. The summed E-state index contributed by atoms with van der Waals surface area (Å²) >= 11 is 6.24. The Morgan fingerprint density at radius 1 is 0.955 bits per heavy atom. The van der Waals surface area contributed by atoms with Crippen LogP contribution >= 0.6 is 11.6 Å². The molecule has 0 radical (unpaired) electrons. The molecule has 1 aliphatic rings. The molecule has 9 heteroatoms. The third kappa shape index (κ3) is 6.60. The van der Waals surface area contributed by atoms with Crippen molar-refractivity contribution in [1.29, 1.82) is 0 Å². The van der Waals surface area contributed by atoms with E-state index in [1.807, 2.05) is 77.7 Å². The molecule has 0 aliphatic carbocycles. The van der Waals surface area contributed by atoms with Crippen LogP contribution in [0, 0.1) is 11.8 Å². The van der Waals surface area contributed by atoms with Gasteiger partial charge in [0.15, 0.2) is 0 Å². The zero-order chi connectivity index (χ0) is 30.5.